The number of ketones is 1. The van der Waals surface area contributed by atoms with Crippen molar-refractivity contribution in [3.05, 3.63) is 23.8 Å². The molecule has 0 N–H and O–H groups in total. The summed E-state index contributed by atoms with van der Waals surface area (Å²) in [5, 5.41) is 0. The molecule has 0 aliphatic rings. The topological polar surface area (TPSA) is 42.9 Å². The molecule has 0 saturated carbocycles. The summed E-state index contributed by atoms with van der Waals surface area (Å²) >= 11 is 0. The van der Waals surface area contributed by atoms with Crippen LogP contribution in [0, 0.1) is 5.41 Å². The van der Waals surface area contributed by atoms with Crippen molar-refractivity contribution in [1.82, 2.24) is 9.97 Å². The molecule has 0 fully saturated rings. The van der Waals surface area contributed by atoms with Gasteiger partial charge in [0.2, 0.25) is 0 Å². The summed E-state index contributed by atoms with van der Waals surface area (Å²) in [4.78, 5) is 20.4. The van der Waals surface area contributed by atoms with Crippen LogP contribution in [0.15, 0.2) is 12.5 Å². The van der Waals surface area contributed by atoms with Crippen molar-refractivity contribution >= 4 is 5.78 Å². The van der Waals surface area contributed by atoms with Crippen molar-refractivity contribution in [2.24, 2.45) is 5.41 Å². The molecular formula is C14H22N2O. The van der Waals surface area contributed by atoms with Crippen molar-refractivity contribution in [1.29, 1.82) is 0 Å². The molecule has 0 aromatic carbocycles. The van der Waals surface area contributed by atoms with Crippen LogP contribution in [0.1, 0.15) is 52.8 Å². The maximum Gasteiger partial charge on any atom is 0.142 e. The molecule has 1 aromatic rings. The first kappa shape index (κ1) is 13.8. The van der Waals surface area contributed by atoms with E-state index in [1.54, 1.807) is 12.5 Å². The molecule has 1 heterocycles. The Bertz CT molecular complexity index is 411. The zero-order valence-electron chi connectivity index (χ0n) is 11.7. The molecule has 1 aromatic heterocycles. The summed E-state index contributed by atoms with van der Waals surface area (Å²) in [6, 6.07) is 0. The SMILES string of the molecule is CC(C)(C)C(=O)Cc1cncnc1C(C)(C)C. The molecule has 0 spiro atoms. The van der Waals surface area contributed by atoms with E-state index in [9.17, 15) is 4.79 Å². The molecule has 0 unspecified atom stereocenters. The number of aromatic nitrogens is 2. The monoisotopic (exact) mass is 234 g/mol. The maximum absolute atomic E-state index is 12.1. The minimum atomic E-state index is -0.314. The van der Waals surface area contributed by atoms with Gasteiger partial charge < -0.3 is 0 Å². The zero-order chi connectivity index (χ0) is 13.3. The number of nitrogens with zero attached hydrogens (tertiary/aromatic N) is 2. The van der Waals surface area contributed by atoms with Crippen LogP contribution in [0.4, 0.5) is 0 Å². The Morgan fingerprint density at radius 2 is 1.76 bits per heavy atom. The lowest BCUT2D eigenvalue weighted by atomic mass is 9.83. The molecule has 0 aliphatic carbocycles. The van der Waals surface area contributed by atoms with Gasteiger partial charge >= 0.3 is 0 Å². The minimum Gasteiger partial charge on any atom is -0.299 e. The van der Waals surface area contributed by atoms with E-state index in [-0.39, 0.29) is 16.6 Å². The van der Waals surface area contributed by atoms with E-state index >= 15 is 0 Å². The molecule has 1 rings (SSSR count). The molecule has 0 amide bonds. The molecule has 3 heteroatoms. The number of carbonyl (C=O) groups is 1. The van der Waals surface area contributed by atoms with Gasteiger partial charge in [-0.15, -0.1) is 0 Å². The normalized spacial score (nSPS) is 12.6. The summed E-state index contributed by atoms with van der Waals surface area (Å²) in [5.74, 6) is 0.220. The van der Waals surface area contributed by atoms with Crippen molar-refractivity contribution in [3.63, 3.8) is 0 Å². The molecule has 17 heavy (non-hydrogen) atoms. The summed E-state index contributed by atoms with van der Waals surface area (Å²) in [5.41, 5.74) is 1.53. The van der Waals surface area contributed by atoms with Crippen LogP contribution in [-0.2, 0) is 16.6 Å². The van der Waals surface area contributed by atoms with Gasteiger partial charge in [-0.2, -0.15) is 0 Å². The van der Waals surface area contributed by atoms with E-state index in [2.05, 4.69) is 30.7 Å². The highest BCUT2D eigenvalue weighted by atomic mass is 16.1. The predicted molar refractivity (Wildman–Crippen MR) is 68.9 cm³/mol. The second kappa shape index (κ2) is 4.55. The van der Waals surface area contributed by atoms with E-state index in [0.717, 1.165) is 11.3 Å². The van der Waals surface area contributed by atoms with Crippen LogP contribution >= 0.6 is 0 Å². The highest BCUT2D eigenvalue weighted by Crippen LogP contribution is 2.25. The van der Waals surface area contributed by atoms with Crippen LogP contribution in [0.2, 0.25) is 0 Å². The van der Waals surface area contributed by atoms with Crippen molar-refractivity contribution < 1.29 is 4.79 Å². The molecule has 0 aliphatic heterocycles. The Morgan fingerprint density at radius 3 is 2.24 bits per heavy atom. The highest BCUT2D eigenvalue weighted by Gasteiger charge is 2.25. The standard InChI is InChI=1S/C14H22N2O/c1-13(2,3)11(17)7-10-8-15-9-16-12(10)14(4,5)6/h8-9H,7H2,1-6H3. The van der Waals surface area contributed by atoms with Gasteiger partial charge in [-0.05, 0) is 5.56 Å². The first-order valence-electron chi connectivity index (χ1n) is 5.95. The van der Waals surface area contributed by atoms with E-state index in [0.29, 0.717) is 6.42 Å². The fourth-order valence-corrected chi connectivity index (χ4v) is 1.60. The lowest BCUT2D eigenvalue weighted by molar-refractivity contribution is -0.125. The number of hydrogen-bond donors (Lipinski definition) is 0. The second-order valence-electron chi connectivity index (χ2n) is 6.50. The van der Waals surface area contributed by atoms with E-state index in [1.807, 2.05) is 20.8 Å². The van der Waals surface area contributed by atoms with Gasteiger partial charge in [0, 0.05) is 23.4 Å². The van der Waals surface area contributed by atoms with E-state index in [4.69, 9.17) is 0 Å². The maximum atomic E-state index is 12.1. The van der Waals surface area contributed by atoms with Crippen molar-refractivity contribution in [3.8, 4) is 0 Å². The van der Waals surface area contributed by atoms with Crippen LogP contribution < -0.4 is 0 Å². The molecule has 0 atom stereocenters. The Labute approximate surface area is 104 Å². The highest BCUT2D eigenvalue weighted by molar-refractivity contribution is 5.85. The predicted octanol–water partition coefficient (Wildman–Crippen LogP) is 2.93. The second-order valence-corrected chi connectivity index (χ2v) is 6.50. The number of carbonyl (C=O) groups excluding carboxylic acids is 1. The van der Waals surface area contributed by atoms with Gasteiger partial charge in [0.05, 0.1) is 5.69 Å². The summed E-state index contributed by atoms with van der Waals surface area (Å²) < 4.78 is 0. The van der Waals surface area contributed by atoms with Crippen LogP contribution in [-0.4, -0.2) is 15.8 Å². The first-order chi connectivity index (χ1) is 7.62. The van der Waals surface area contributed by atoms with Gasteiger partial charge in [-0.1, -0.05) is 41.5 Å². The smallest absolute Gasteiger partial charge is 0.142 e. The molecule has 0 saturated heterocycles. The number of hydrogen-bond acceptors (Lipinski definition) is 3. The zero-order valence-corrected chi connectivity index (χ0v) is 11.7. The Morgan fingerprint density at radius 1 is 1.18 bits per heavy atom. The fourth-order valence-electron chi connectivity index (χ4n) is 1.60. The van der Waals surface area contributed by atoms with E-state index in [1.165, 1.54) is 0 Å². The number of rotatable bonds is 2. The van der Waals surface area contributed by atoms with Gasteiger partial charge in [0.25, 0.3) is 0 Å². The van der Waals surface area contributed by atoms with Crippen LogP contribution in [0.25, 0.3) is 0 Å². The van der Waals surface area contributed by atoms with Gasteiger partial charge in [0.15, 0.2) is 0 Å². The Kier molecular flexibility index (Phi) is 3.70. The van der Waals surface area contributed by atoms with Crippen LogP contribution in [0.3, 0.4) is 0 Å². The molecule has 0 radical (unpaired) electrons. The van der Waals surface area contributed by atoms with Gasteiger partial charge in [-0.25, -0.2) is 9.97 Å². The lowest BCUT2D eigenvalue weighted by Gasteiger charge is -2.22. The molecule has 3 nitrogen and oxygen atoms in total. The quantitative estimate of drug-likeness (QED) is 0.790. The van der Waals surface area contributed by atoms with Crippen molar-refractivity contribution in [2.45, 2.75) is 53.4 Å². The third-order valence-electron chi connectivity index (χ3n) is 2.69. The molecule has 94 valence electrons. The van der Waals surface area contributed by atoms with Crippen LogP contribution in [0.5, 0.6) is 0 Å². The van der Waals surface area contributed by atoms with Gasteiger partial charge in [0.1, 0.15) is 12.1 Å². The lowest BCUT2D eigenvalue weighted by Crippen LogP contribution is -2.25. The number of Topliss-reactive ketones (excluding diaryl/α,β-unsaturated/α-hetero) is 1. The summed E-state index contributed by atoms with van der Waals surface area (Å²) in [7, 11) is 0. The fraction of sp³-hybridized carbons (Fsp3) is 0.643. The van der Waals surface area contributed by atoms with Crippen molar-refractivity contribution in [2.75, 3.05) is 0 Å². The summed E-state index contributed by atoms with van der Waals surface area (Å²) in [6.45, 7) is 12.1. The average Bonchev–Trinajstić information content (AvgIpc) is 2.15. The minimum absolute atomic E-state index is 0.0591. The Hall–Kier alpha value is -1.25. The van der Waals surface area contributed by atoms with E-state index < -0.39 is 0 Å². The first-order valence-corrected chi connectivity index (χ1v) is 5.95. The summed E-state index contributed by atoms with van der Waals surface area (Å²) in [6.07, 6.45) is 3.72. The third-order valence-corrected chi connectivity index (χ3v) is 2.69. The largest absolute Gasteiger partial charge is 0.299 e. The molecular weight excluding hydrogens is 212 g/mol. The Balaban J connectivity index is 3.04. The van der Waals surface area contributed by atoms with Gasteiger partial charge in [-0.3, -0.25) is 4.79 Å². The average molecular weight is 234 g/mol. The third kappa shape index (κ3) is 3.62. The molecule has 0 bridgehead atoms.